The molecule has 0 unspecified atom stereocenters. The molecule has 0 aliphatic carbocycles. The molecule has 1 N–H and O–H groups in total. The molecule has 0 spiro atoms. The third kappa shape index (κ3) is 3.85. The highest BCUT2D eigenvalue weighted by molar-refractivity contribution is 9.10. The van der Waals surface area contributed by atoms with E-state index in [9.17, 15) is 0 Å². The molecule has 2 rings (SSSR count). The van der Waals surface area contributed by atoms with Gasteiger partial charge in [0.15, 0.2) is 0 Å². The standard InChI is InChI=1S/C15H18BrN3O2/c1-9(2)15-18-13(17-3)8-14(19-15)21-12-6-5-10(20-4)7-11(12)16/h5-9H,1-4H3,(H,17,18,19). The fourth-order valence-corrected chi connectivity index (χ4v) is 2.12. The van der Waals surface area contributed by atoms with Crippen molar-refractivity contribution in [3.63, 3.8) is 0 Å². The number of benzene rings is 1. The molecule has 2 aromatic rings. The molecular weight excluding hydrogens is 334 g/mol. The maximum Gasteiger partial charge on any atom is 0.224 e. The maximum atomic E-state index is 5.85. The van der Waals surface area contributed by atoms with Gasteiger partial charge in [-0.05, 0) is 34.1 Å². The Morgan fingerprint density at radius 3 is 2.52 bits per heavy atom. The number of hydrogen-bond donors (Lipinski definition) is 1. The van der Waals surface area contributed by atoms with Crippen molar-refractivity contribution in [3.8, 4) is 17.4 Å². The van der Waals surface area contributed by atoms with Crippen LogP contribution in [0.15, 0.2) is 28.7 Å². The molecular formula is C15H18BrN3O2. The van der Waals surface area contributed by atoms with Gasteiger partial charge in [-0.2, -0.15) is 4.98 Å². The van der Waals surface area contributed by atoms with Crippen LogP contribution < -0.4 is 14.8 Å². The third-order valence-electron chi connectivity index (χ3n) is 2.85. The van der Waals surface area contributed by atoms with Gasteiger partial charge in [0.25, 0.3) is 0 Å². The summed E-state index contributed by atoms with van der Waals surface area (Å²) >= 11 is 3.46. The van der Waals surface area contributed by atoms with Gasteiger partial charge in [-0.3, -0.25) is 0 Å². The second-order valence-corrected chi connectivity index (χ2v) is 5.61. The highest BCUT2D eigenvalue weighted by Crippen LogP contribution is 2.32. The van der Waals surface area contributed by atoms with Crippen molar-refractivity contribution in [2.24, 2.45) is 0 Å². The van der Waals surface area contributed by atoms with E-state index in [0.717, 1.165) is 21.9 Å². The van der Waals surface area contributed by atoms with Crippen molar-refractivity contribution in [2.75, 3.05) is 19.5 Å². The number of aromatic nitrogens is 2. The predicted octanol–water partition coefficient (Wildman–Crippen LogP) is 4.21. The van der Waals surface area contributed by atoms with E-state index >= 15 is 0 Å². The molecule has 0 fully saturated rings. The van der Waals surface area contributed by atoms with E-state index in [2.05, 4.69) is 31.2 Å². The minimum absolute atomic E-state index is 0.222. The lowest BCUT2D eigenvalue weighted by atomic mass is 10.2. The number of anilines is 1. The van der Waals surface area contributed by atoms with Crippen molar-refractivity contribution >= 4 is 21.7 Å². The summed E-state index contributed by atoms with van der Waals surface area (Å²) in [7, 11) is 3.44. The summed E-state index contributed by atoms with van der Waals surface area (Å²) in [5, 5.41) is 3.02. The molecule has 6 heteroatoms. The maximum absolute atomic E-state index is 5.85. The first kappa shape index (κ1) is 15.6. The molecule has 0 saturated carbocycles. The minimum Gasteiger partial charge on any atom is -0.497 e. The highest BCUT2D eigenvalue weighted by atomic mass is 79.9. The van der Waals surface area contributed by atoms with Crippen molar-refractivity contribution in [3.05, 3.63) is 34.6 Å². The van der Waals surface area contributed by atoms with Crippen molar-refractivity contribution < 1.29 is 9.47 Å². The Kier molecular flexibility index (Phi) is 5.01. The second-order valence-electron chi connectivity index (χ2n) is 4.75. The Hall–Kier alpha value is -1.82. The Labute approximate surface area is 132 Å². The summed E-state index contributed by atoms with van der Waals surface area (Å²) in [6, 6.07) is 7.28. The van der Waals surface area contributed by atoms with Gasteiger partial charge in [0.1, 0.15) is 23.1 Å². The number of nitrogens with one attached hydrogen (secondary N) is 1. The number of ether oxygens (including phenoxy) is 2. The normalized spacial score (nSPS) is 10.6. The van der Waals surface area contributed by atoms with Crippen LogP contribution >= 0.6 is 15.9 Å². The Bertz CT molecular complexity index is 632. The minimum atomic E-state index is 0.222. The van der Waals surface area contributed by atoms with Gasteiger partial charge in [-0.15, -0.1) is 0 Å². The van der Waals surface area contributed by atoms with Gasteiger partial charge in [0.05, 0.1) is 11.6 Å². The Balaban J connectivity index is 2.32. The zero-order chi connectivity index (χ0) is 15.4. The lowest BCUT2D eigenvalue weighted by Gasteiger charge is -2.12. The molecule has 0 bridgehead atoms. The molecule has 0 aliphatic heterocycles. The quantitative estimate of drug-likeness (QED) is 0.874. The van der Waals surface area contributed by atoms with Crippen molar-refractivity contribution in [1.29, 1.82) is 0 Å². The summed E-state index contributed by atoms with van der Waals surface area (Å²) in [6.07, 6.45) is 0. The first-order valence-electron chi connectivity index (χ1n) is 6.61. The average Bonchev–Trinajstić information content (AvgIpc) is 2.48. The largest absolute Gasteiger partial charge is 0.497 e. The highest BCUT2D eigenvalue weighted by Gasteiger charge is 2.11. The third-order valence-corrected chi connectivity index (χ3v) is 3.47. The van der Waals surface area contributed by atoms with Crippen LogP contribution in [0.1, 0.15) is 25.6 Å². The average molecular weight is 352 g/mol. The summed E-state index contributed by atoms with van der Waals surface area (Å²) in [5.41, 5.74) is 0. The SMILES string of the molecule is CNc1cc(Oc2ccc(OC)cc2Br)nc(C(C)C)n1. The Morgan fingerprint density at radius 1 is 1.19 bits per heavy atom. The van der Waals surface area contributed by atoms with E-state index in [1.54, 1.807) is 13.2 Å². The topological polar surface area (TPSA) is 56.3 Å². The van der Waals surface area contributed by atoms with Crippen molar-refractivity contribution in [1.82, 2.24) is 9.97 Å². The molecule has 0 radical (unpaired) electrons. The lowest BCUT2D eigenvalue weighted by molar-refractivity contribution is 0.411. The molecule has 1 heterocycles. The molecule has 0 saturated heterocycles. The van der Waals surface area contributed by atoms with E-state index in [-0.39, 0.29) is 5.92 Å². The molecule has 21 heavy (non-hydrogen) atoms. The zero-order valence-electron chi connectivity index (χ0n) is 12.5. The van der Waals surface area contributed by atoms with E-state index in [1.807, 2.05) is 39.1 Å². The second kappa shape index (κ2) is 6.76. The van der Waals surface area contributed by atoms with Gasteiger partial charge in [0, 0.05) is 19.0 Å². The summed E-state index contributed by atoms with van der Waals surface area (Å²) < 4.78 is 11.8. The number of hydrogen-bond acceptors (Lipinski definition) is 5. The van der Waals surface area contributed by atoms with Gasteiger partial charge in [-0.1, -0.05) is 13.8 Å². The van der Waals surface area contributed by atoms with Gasteiger partial charge < -0.3 is 14.8 Å². The molecule has 0 aliphatic rings. The van der Waals surface area contributed by atoms with Gasteiger partial charge in [-0.25, -0.2) is 4.98 Å². The van der Waals surface area contributed by atoms with E-state index in [1.165, 1.54) is 0 Å². The monoisotopic (exact) mass is 351 g/mol. The molecule has 5 nitrogen and oxygen atoms in total. The van der Waals surface area contributed by atoms with Gasteiger partial charge >= 0.3 is 0 Å². The van der Waals surface area contributed by atoms with Crippen LogP contribution in [0.2, 0.25) is 0 Å². The van der Waals surface area contributed by atoms with Crippen LogP contribution in [0.25, 0.3) is 0 Å². The van der Waals surface area contributed by atoms with Crippen LogP contribution in [0.3, 0.4) is 0 Å². The molecule has 112 valence electrons. The van der Waals surface area contributed by atoms with E-state index in [4.69, 9.17) is 9.47 Å². The van der Waals surface area contributed by atoms with E-state index < -0.39 is 0 Å². The predicted molar refractivity (Wildman–Crippen MR) is 86.4 cm³/mol. The number of rotatable bonds is 5. The van der Waals surface area contributed by atoms with Crippen LogP contribution in [0.4, 0.5) is 5.82 Å². The summed E-state index contributed by atoms with van der Waals surface area (Å²) in [5.74, 6) is 3.63. The molecule has 1 aromatic carbocycles. The van der Waals surface area contributed by atoms with Gasteiger partial charge in [0.2, 0.25) is 5.88 Å². The fourth-order valence-electron chi connectivity index (χ4n) is 1.69. The van der Waals surface area contributed by atoms with Crippen molar-refractivity contribution in [2.45, 2.75) is 19.8 Å². The summed E-state index contributed by atoms with van der Waals surface area (Å²) in [4.78, 5) is 8.84. The van der Waals surface area contributed by atoms with Crippen LogP contribution in [-0.4, -0.2) is 24.1 Å². The molecule has 0 amide bonds. The Morgan fingerprint density at radius 2 is 1.95 bits per heavy atom. The lowest BCUT2D eigenvalue weighted by Crippen LogP contribution is -2.03. The summed E-state index contributed by atoms with van der Waals surface area (Å²) in [6.45, 7) is 4.09. The van der Waals surface area contributed by atoms with Crippen LogP contribution in [-0.2, 0) is 0 Å². The number of methoxy groups -OCH3 is 1. The zero-order valence-corrected chi connectivity index (χ0v) is 14.1. The first-order valence-corrected chi connectivity index (χ1v) is 7.41. The smallest absolute Gasteiger partial charge is 0.224 e. The number of nitrogens with zero attached hydrogens (tertiary/aromatic N) is 2. The fraction of sp³-hybridized carbons (Fsp3) is 0.333. The molecule has 1 aromatic heterocycles. The first-order chi connectivity index (χ1) is 10.0. The van der Waals surface area contributed by atoms with Crippen LogP contribution in [0.5, 0.6) is 17.4 Å². The van der Waals surface area contributed by atoms with E-state index in [0.29, 0.717) is 11.6 Å². The molecule has 0 atom stereocenters. The van der Waals surface area contributed by atoms with Crippen LogP contribution in [0, 0.1) is 0 Å². The number of halogens is 1.